The van der Waals surface area contributed by atoms with Gasteiger partial charge in [0.15, 0.2) is 12.4 Å². The normalized spacial score (nSPS) is 11.0. The van der Waals surface area contributed by atoms with E-state index in [1.165, 1.54) is 6.21 Å². The number of ether oxygens (including phenoxy) is 2. The summed E-state index contributed by atoms with van der Waals surface area (Å²) >= 11 is 3.36. The maximum absolute atomic E-state index is 12.4. The molecule has 0 bridgehead atoms. The van der Waals surface area contributed by atoms with E-state index in [1.54, 1.807) is 30.3 Å². The highest BCUT2D eigenvalue weighted by Gasteiger charge is 2.12. The van der Waals surface area contributed by atoms with Gasteiger partial charge in [0.25, 0.3) is 5.91 Å². The van der Waals surface area contributed by atoms with E-state index < -0.39 is 11.8 Å². The Morgan fingerprint density at radius 1 is 1.03 bits per heavy atom. The summed E-state index contributed by atoms with van der Waals surface area (Å²) in [6.45, 7) is 4.01. The SMILES string of the molecule is Cc1ccc(C)n1-c1ccc(OCc2ccc(C(=O)N/N=C/c3cc(Br)ccc3OCC(N)=O)o2)cc1. The van der Waals surface area contributed by atoms with E-state index in [4.69, 9.17) is 19.6 Å². The first-order chi connectivity index (χ1) is 17.8. The van der Waals surface area contributed by atoms with Gasteiger partial charge in [-0.3, -0.25) is 9.59 Å². The summed E-state index contributed by atoms with van der Waals surface area (Å²) in [5.74, 6) is 0.522. The third kappa shape index (κ3) is 6.68. The Hall–Kier alpha value is -4.31. The van der Waals surface area contributed by atoms with Gasteiger partial charge in [0.05, 0.1) is 6.21 Å². The van der Waals surface area contributed by atoms with Crippen LogP contribution in [0.15, 0.2) is 80.7 Å². The first-order valence-corrected chi connectivity index (χ1v) is 12.1. The third-order valence-electron chi connectivity index (χ3n) is 5.34. The molecule has 0 aliphatic carbocycles. The number of primary amides is 1. The molecule has 0 radical (unpaired) electrons. The van der Waals surface area contributed by atoms with Crippen molar-refractivity contribution in [3.05, 3.63) is 99.7 Å². The fraction of sp³-hybridized carbons (Fsp3) is 0.148. The van der Waals surface area contributed by atoms with E-state index >= 15 is 0 Å². The largest absolute Gasteiger partial charge is 0.486 e. The Labute approximate surface area is 222 Å². The van der Waals surface area contributed by atoms with Crippen molar-refractivity contribution in [3.8, 4) is 17.2 Å². The lowest BCUT2D eigenvalue weighted by atomic mass is 10.2. The van der Waals surface area contributed by atoms with E-state index in [2.05, 4.69) is 57.0 Å². The summed E-state index contributed by atoms with van der Waals surface area (Å²) in [5, 5.41) is 3.96. The van der Waals surface area contributed by atoms with E-state index in [1.807, 2.05) is 24.3 Å². The van der Waals surface area contributed by atoms with Gasteiger partial charge in [-0.1, -0.05) is 15.9 Å². The first-order valence-electron chi connectivity index (χ1n) is 11.3. The topological polar surface area (TPSA) is 121 Å². The van der Waals surface area contributed by atoms with Crippen LogP contribution in [0, 0.1) is 13.8 Å². The Morgan fingerprint density at radius 2 is 1.76 bits per heavy atom. The number of aryl methyl sites for hydroxylation is 2. The summed E-state index contributed by atoms with van der Waals surface area (Å²) in [6.07, 6.45) is 1.40. The standard InChI is InChI=1S/C27H25BrN4O5/c1-17-3-4-18(2)32(17)21-6-8-22(9-7-21)35-15-23-10-12-25(37-23)27(34)31-30-14-19-13-20(28)5-11-24(19)36-16-26(29)33/h3-14H,15-16H2,1-2H3,(H2,29,33)(H,31,34)/b30-14+. The van der Waals surface area contributed by atoms with Crippen LogP contribution >= 0.6 is 15.9 Å². The molecule has 0 atom stereocenters. The van der Waals surface area contributed by atoms with Crippen LogP contribution in [0.4, 0.5) is 0 Å². The third-order valence-corrected chi connectivity index (χ3v) is 5.84. The van der Waals surface area contributed by atoms with Gasteiger partial charge in [-0.2, -0.15) is 5.10 Å². The molecular weight excluding hydrogens is 540 g/mol. The van der Waals surface area contributed by atoms with Crippen LogP contribution in [-0.4, -0.2) is 29.2 Å². The summed E-state index contributed by atoms with van der Waals surface area (Å²) in [6, 6.07) is 20.3. The van der Waals surface area contributed by atoms with Gasteiger partial charge in [0, 0.05) is 27.1 Å². The van der Waals surface area contributed by atoms with Crippen LogP contribution in [0.25, 0.3) is 5.69 Å². The lowest BCUT2D eigenvalue weighted by Crippen LogP contribution is -2.20. The number of carbonyl (C=O) groups is 2. The highest BCUT2D eigenvalue weighted by molar-refractivity contribution is 9.10. The number of benzene rings is 2. The van der Waals surface area contributed by atoms with Crippen LogP contribution in [0.1, 0.15) is 33.3 Å². The number of nitrogens with two attached hydrogens (primary N) is 1. The molecule has 0 saturated carbocycles. The Bertz CT molecular complexity index is 1420. The second kappa shape index (κ2) is 11.6. The minimum Gasteiger partial charge on any atom is -0.486 e. The van der Waals surface area contributed by atoms with Crippen molar-refractivity contribution in [3.63, 3.8) is 0 Å². The molecule has 2 heterocycles. The van der Waals surface area contributed by atoms with Crippen molar-refractivity contribution in [2.24, 2.45) is 10.8 Å². The van der Waals surface area contributed by atoms with Gasteiger partial charge >= 0.3 is 5.91 Å². The van der Waals surface area contributed by atoms with Crippen LogP contribution in [0.2, 0.25) is 0 Å². The fourth-order valence-electron chi connectivity index (χ4n) is 3.62. The number of rotatable bonds is 10. The second-order valence-corrected chi connectivity index (χ2v) is 9.05. The van der Waals surface area contributed by atoms with E-state index in [0.717, 1.165) is 21.5 Å². The Balaban J connectivity index is 1.32. The Kier molecular flexibility index (Phi) is 8.09. The average Bonchev–Trinajstić information content (AvgIpc) is 3.48. The van der Waals surface area contributed by atoms with Crippen LogP contribution in [-0.2, 0) is 11.4 Å². The fourth-order valence-corrected chi connectivity index (χ4v) is 3.99. The van der Waals surface area contributed by atoms with Crippen molar-refractivity contribution < 1.29 is 23.5 Å². The number of nitrogens with zero attached hydrogens (tertiary/aromatic N) is 2. The van der Waals surface area contributed by atoms with Gasteiger partial charge in [0.2, 0.25) is 0 Å². The minimum absolute atomic E-state index is 0.0871. The number of hydrogen-bond donors (Lipinski definition) is 2. The zero-order valence-electron chi connectivity index (χ0n) is 20.2. The van der Waals surface area contributed by atoms with Crippen LogP contribution in [0.3, 0.4) is 0 Å². The molecule has 0 aliphatic rings. The maximum Gasteiger partial charge on any atom is 0.307 e. The molecule has 2 aromatic carbocycles. The predicted molar refractivity (Wildman–Crippen MR) is 142 cm³/mol. The van der Waals surface area contributed by atoms with Gasteiger partial charge in [-0.05, 0) is 80.6 Å². The molecule has 37 heavy (non-hydrogen) atoms. The van der Waals surface area contributed by atoms with Gasteiger partial charge < -0.3 is 24.2 Å². The zero-order chi connectivity index (χ0) is 26.4. The number of aromatic nitrogens is 1. The lowest BCUT2D eigenvalue weighted by Gasteiger charge is -2.10. The summed E-state index contributed by atoms with van der Waals surface area (Å²) in [7, 11) is 0. The second-order valence-electron chi connectivity index (χ2n) is 8.14. The molecule has 0 saturated heterocycles. The molecule has 10 heteroatoms. The molecule has 9 nitrogen and oxygen atoms in total. The molecule has 2 aromatic heterocycles. The van der Waals surface area contributed by atoms with E-state index in [-0.39, 0.29) is 19.0 Å². The number of halogens is 1. The predicted octanol–water partition coefficient (Wildman–Crippen LogP) is 4.66. The number of carbonyl (C=O) groups excluding carboxylic acids is 2. The quantitative estimate of drug-likeness (QED) is 0.214. The molecule has 0 aliphatic heterocycles. The van der Waals surface area contributed by atoms with Crippen molar-refractivity contribution in [1.82, 2.24) is 9.99 Å². The van der Waals surface area contributed by atoms with Crippen molar-refractivity contribution >= 4 is 34.0 Å². The monoisotopic (exact) mass is 564 g/mol. The van der Waals surface area contributed by atoms with E-state index in [0.29, 0.717) is 22.8 Å². The van der Waals surface area contributed by atoms with Gasteiger partial charge in [-0.25, -0.2) is 5.43 Å². The highest BCUT2D eigenvalue weighted by Crippen LogP contribution is 2.22. The van der Waals surface area contributed by atoms with Gasteiger partial charge in [0.1, 0.15) is 23.9 Å². The van der Waals surface area contributed by atoms with E-state index in [9.17, 15) is 9.59 Å². The smallest absolute Gasteiger partial charge is 0.307 e. The highest BCUT2D eigenvalue weighted by atomic mass is 79.9. The number of amides is 2. The molecule has 4 aromatic rings. The van der Waals surface area contributed by atoms with Crippen molar-refractivity contribution in [2.75, 3.05) is 6.61 Å². The molecule has 4 rings (SSSR count). The molecular formula is C27H25BrN4O5. The molecule has 3 N–H and O–H groups in total. The zero-order valence-corrected chi connectivity index (χ0v) is 21.8. The number of hydrogen-bond acceptors (Lipinski definition) is 6. The van der Waals surface area contributed by atoms with Crippen molar-refractivity contribution in [2.45, 2.75) is 20.5 Å². The first kappa shape index (κ1) is 25.8. The summed E-state index contributed by atoms with van der Waals surface area (Å²) in [5.41, 5.74) is 11.4. The molecule has 190 valence electrons. The Morgan fingerprint density at radius 3 is 2.46 bits per heavy atom. The lowest BCUT2D eigenvalue weighted by molar-refractivity contribution is -0.119. The number of hydrazone groups is 1. The number of nitrogens with one attached hydrogen (secondary N) is 1. The molecule has 0 fully saturated rings. The molecule has 0 unspecified atom stereocenters. The molecule has 2 amide bonds. The van der Waals surface area contributed by atoms with Crippen LogP contribution < -0.4 is 20.6 Å². The van der Waals surface area contributed by atoms with Crippen LogP contribution in [0.5, 0.6) is 11.5 Å². The number of furan rings is 1. The minimum atomic E-state index is -0.601. The maximum atomic E-state index is 12.4. The van der Waals surface area contributed by atoms with Gasteiger partial charge in [-0.15, -0.1) is 0 Å². The van der Waals surface area contributed by atoms with Crippen molar-refractivity contribution in [1.29, 1.82) is 0 Å². The summed E-state index contributed by atoms with van der Waals surface area (Å²) < 4.78 is 19.7. The summed E-state index contributed by atoms with van der Waals surface area (Å²) in [4.78, 5) is 23.4. The average molecular weight is 565 g/mol. The molecule has 0 spiro atoms.